The number of rotatable bonds is 8. The van der Waals surface area contributed by atoms with E-state index in [1.54, 1.807) is 0 Å². The lowest BCUT2D eigenvalue weighted by Gasteiger charge is -2.16. The number of aryl methyl sites for hydroxylation is 1. The molecule has 0 amide bonds. The van der Waals surface area contributed by atoms with Gasteiger partial charge in [0.05, 0.1) is 6.61 Å². The summed E-state index contributed by atoms with van der Waals surface area (Å²) >= 11 is 0. The van der Waals surface area contributed by atoms with Crippen molar-refractivity contribution in [1.29, 1.82) is 0 Å². The Morgan fingerprint density at radius 3 is 2.74 bits per heavy atom. The molecule has 1 aromatic rings. The van der Waals surface area contributed by atoms with Crippen LogP contribution in [0.2, 0.25) is 0 Å². The Labute approximate surface area is 117 Å². The van der Waals surface area contributed by atoms with Crippen LogP contribution in [0.1, 0.15) is 50.7 Å². The average Bonchev–Trinajstić information content (AvgIpc) is 3.22. The zero-order valence-corrected chi connectivity index (χ0v) is 12.3. The third-order valence-electron chi connectivity index (χ3n) is 3.84. The van der Waals surface area contributed by atoms with Crippen molar-refractivity contribution in [2.24, 2.45) is 11.7 Å². The third-order valence-corrected chi connectivity index (χ3v) is 3.84. The van der Waals surface area contributed by atoms with Gasteiger partial charge in [0, 0.05) is 6.04 Å². The fourth-order valence-electron chi connectivity index (χ4n) is 2.30. The van der Waals surface area contributed by atoms with E-state index >= 15 is 0 Å². The van der Waals surface area contributed by atoms with Crippen LogP contribution >= 0.6 is 0 Å². The molecule has 2 rings (SSSR count). The van der Waals surface area contributed by atoms with Crippen LogP contribution in [0.4, 0.5) is 0 Å². The molecule has 0 aliphatic heterocycles. The minimum atomic E-state index is 0.236. The molecule has 1 aliphatic carbocycles. The lowest BCUT2D eigenvalue weighted by molar-refractivity contribution is 0.296. The Bertz CT molecular complexity index is 398. The van der Waals surface area contributed by atoms with Gasteiger partial charge in [-0.25, -0.2) is 0 Å². The Kier molecular flexibility index (Phi) is 5.26. The Morgan fingerprint density at radius 2 is 2.11 bits per heavy atom. The minimum absolute atomic E-state index is 0.236. The first kappa shape index (κ1) is 14.4. The molecule has 0 spiro atoms. The Hall–Kier alpha value is -1.02. The van der Waals surface area contributed by atoms with Crippen molar-refractivity contribution >= 4 is 0 Å². The van der Waals surface area contributed by atoms with Gasteiger partial charge in [-0.3, -0.25) is 0 Å². The highest BCUT2D eigenvalue weighted by molar-refractivity contribution is 5.38. The molecule has 2 N–H and O–H groups in total. The van der Waals surface area contributed by atoms with E-state index < -0.39 is 0 Å². The first-order chi connectivity index (χ1) is 9.22. The number of hydrogen-bond acceptors (Lipinski definition) is 2. The average molecular weight is 261 g/mol. The monoisotopic (exact) mass is 261 g/mol. The fourth-order valence-corrected chi connectivity index (χ4v) is 2.30. The molecule has 1 atom stereocenters. The fraction of sp³-hybridized carbons (Fsp3) is 0.647. The van der Waals surface area contributed by atoms with Gasteiger partial charge in [0.1, 0.15) is 5.75 Å². The third kappa shape index (κ3) is 4.54. The predicted molar refractivity (Wildman–Crippen MR) is 80.6 cm³/mol. The van der Waals surface area contributed by atoms with Crippen molar-refractivity contribution in [2.45, 2.75) is 58.4 Å². The molecule has 1 fully saturated rings. The molecular formula is C17H27NO. The predicted octanol–water partition coefficient (Wildman–Crippen LogP) is 3.71. The molecule has 1 saturated carbocycles. The molecule has 1 aliphatic rings. The van der Waals surface area contributed by atoms with Gasteiger partial charge in [0.25, 0.3) is 0 Å². The topological polar surface area (TPSA) is 35.2 Å². The highest BCUT2D eigenvalue weighted by Gasteiger charge is 2.22. The Balaban J connectivity index is 2.08. The van der Waals surface area contributed by atoms with Crippen LogP contribution in [0.15, 0.2) is 18.2 Å². The second-order valence-corrected chi connectivity index (χ2v) is 5.82. The molecule has 0 heterocycles. The van der Waals surface area contributed by atoms with E-state index in [1.165, 1.54) is 30.4 Å². The second-order valence-electron chi connectivity index (χ2n) is 5.82. The van der Waals surface area contributed by atoms with Gasteiger partial charge in [-0.15, -0.1) is 0 Å². The first-order valence-electron chi connectivity index (χ1n) is 7.73. The van der Waals surface area contributed by atoms with Crippen LogP contribution < -0.4 is 10.5 Å². The molecule has 0 aromatic heterocycles. The molecule has 0 saturated heterocycles. The number of nitrogens with two attached hydrogens (primary N) is 1. The molecule has 1 aromatic carbocycles. The van der Waals surface area contributed by atoms with E-state index in [0.717, 1.165) is 37.5 Å². The maximum atomic E-state index is 6.11. The van der Waals surface area contributed by atoms with E-state index in [1.807, 2.05) is 0 Å². The van der Waals surface area contributed by atoms with Crippen LogP contribution in [0.25, 0.3) is 0 Å². The van der Waals surface area contributed by atoms with Crippen LogP contribution in [0.3, 0.4) is 0 Å². The minimum Gasteiger partial charge on any atom is -0.493 e. The lowest BCUT2D eigenvalue weighted by atomic mass is 9.99. The summed E-state index contributed by atoms with van der Waals surface area (Å²) in [7, 11) is 0. The summed E-state index contributed by atoms with van der Waals surface area (Å²) in [5.74, 6) is 1.85. The molecular weight excluding hydrogens is 234 g/mol. The van der Waals surface area contributed by atoms with E-state index in [0.29, 0.717) is 0 Å². The van der Waals surface area contributed by atoms with Crippen LogP contribution in [-0.2, 0) is 12.8 Å². The highest BCUT2D eigenvalue weighted by Crippen LogP contribution is 2.31. The van der Waals surface area contributed by atoms with Gasteiger partial charge in [-0.2, -0.15) is 0 Å². The zero-order chi connectivity index (χ0) is 13.7. The van der Waals surface area contributed by atoms with Crippen molar-refractivity contribution < 1.29 is 4.74 Å². The molecule has 2 heteroatoms. The summed E-state index contributed by atoms with van der Waals surface area (Å²) in [6.45, 7) is 5.24. The summed E-state index contributed by atoms with van der Waals surface area (Å²) in [5, 5.41) is 0. The van der Waals surface area contributed by atoms with E-state index in [4.69, 9.17) is 10.5 Å². The molecule has 106 valence electrons. The van der Waals surface area contributed by atoms with Crippen molar-refractivity contribution in [3.05, 3.63) is 29.3 Å². The largest absolute Gasteiger partial charge is 0.493 e. The first-order valence-corrected chi connectivity index (χ1v) is 7.73. The lowest BCUT2D eigenvalue weighted by Crippen LogP contribution is -2.22. The van der Waals surface area contributed by atoms with Gasteiger partial charge in [-0.1, -0.05) is 32.4 Å². The molecule has 19 heavy (non-hydrogen) atoms. The van der Waals surface area contributed by atoms with Crippen molar-refractivity contribution in [2.75, 3.05) is 6.61 Å². The zero-order valence-electron chi connectivity index (χ0n) is 12.3. The van der Waals surface area contributed by atoms with E-state index in [2.05, 4.69) is 32.0 Å². The van der Waals surface area contributed by atoms with Crippen LogP contribution in [0.5, 0.6) is 5.75 Å². The quantitative estimate of drug-likeness (QED) is 0.774. The summed E-state index contributed by atoms with van der Waals surface area (Å²) in [5.41, 5.74) is 8.81. The summed E-state index contributed by atoms with van der Waals surface area (Å²) < 4.78 is 5.98. The van der Waals surface area contributed by atoms with Crippen LogP contribution in [0, 0.1) is 5.92 Å². The van der Waals surface area contributed by atoms with Crippen molar-refractivity contribution in [1.82, 2.24) is 0 Å². The Morgan fingerprint density at radius 1 is 1.32 bits per heavy atom. The van der Waals surface area contributed by atoms with Gasteiger partial charge in [0.15, 0.2) is 0 Å². The standard InChI is InChI=1S/C17H27NO/c1-3-5-13-8-9-17(19-12-14-6-7-14)15(10-13)11-16(18)4-2/h8-10,14,16H,3-7,11-12,18H2,1-2H3. The summed E-state index contributed by atoms with van der Waals surface area (Å²) in [6.07, 6.45) is 6.92. The smallest absolute Gasteiger partial charge is 0.122 e. The van der Waals surface area contributed by atoms with Gasteiger partial charge >= 0.3 is 0 Å². The maximum absolute atomic E-state index is 6.11. The van der Waals surface area contributed by atoms with Gasteiger partial charge in [-0.05, 0) is 55.2 Å². The van der Waals surface area contributed by atoms with Crippen molar-refractivity contribution in [3.63, 3.8) is 0 Å². The van der Waals surface area contributed by atoms with E-state index in [-0.39, 0.29) is 6.04 Å². The molecule has 2 nitrogen and oxygen atoms in total. The molecule has 1 unspecified atom stereocenters. The second kappa shape index (κ2) is 6.95. The maximum Gasteiger partial charge on any atom is 0.122 e. The number of benzene rings is 1. The highest BCUT2D eigenvalue weighted by atomic mass is 16.5. The van der Waals surface area contributed by atoms with Gasteiger partial charge < -0.3 is 10.5 Å². The number of ether oxygens (including phenoxy) is 1. The molecule has 0 bridgehead atoms. The van der Waals surface area contributed by atoms with Gasteiger partial charge in [0.2, 0.25) is 0 Å². The SMILES string of the molecule is CCCc1ccc(OCC2CC2)c(CC(N)CC)c1. The molecule has 0 radical (unpaired) electrons. The normalized spacial score (nSPS) is 16.4. The van der Waals surface area contributed by atoms with Crippen molar-refractivity contribution in [3.8, 4) is 5.75 Å². The summed E-state index contributed by atoms with van der Waals surface area (Å²) in [6, 6.07) is 6.87. The number of hydrogen-bond donors (Lipinski definition) is 1. The van der Waals surface area contributed by atoms with Crippen LogP contribution in [-0.4, -0.2) is 12.6 Å². The van der Waals surface area contributed by atoms with E-state index in [9.17, 15) is 0 Å². The summed E-state index contributed by atoms with van der Waals surface area (Å²) in [4.78, 5) is 0.